The number of amides is 2. The van der Waals surface area contributed by atoms with Gasteiger partial charge in [0.15, 0.2) is 0 Å². The van der Waals surface area contributed by atoms with Gasteiger partial charge in [-0.05, 0) is 43.5 Å². The number of anilines is 1. The first-order valence-electron chi connectivity index (χ1n) is 6.99. The first-order valence-corrected chi connectivity index (χ1v) is 6.99. The molecule has 5 nitrogen and oxygen atoms in total. The number of hydrogen-bond acceptors (Lipinski definition) is 3. The standard InChI is InChI=1S/C15H18N2O3/c1-9-12(6-7-20-9)17-15(19)11-2-4-13-10(8-11)3-5-14(18)16-13/h2,4,8-9,12H,3,5-7H2,1H3,(H,16,18)(H,17,19). The molecule has 0 aliphatic carbocycles. The summed E-state index contributed by atoms with van der Waals surface area (Å²) in [5, 5.41) is 5.82. The minimum Gasteiger partial charge on any atom is -0.376 e. The van der Waals surface area contributed by atoms with Gasteiger partial charge in [-0.3, -0.25) is 9.59 Å². The average Bonchev–Trinajstić information content (AvgIpc) is 2.83. The van der Waals surface area contributed by atoms with E-state index >= 15 is 0 Å². The first kappa shape index (κ1) is 13.1. The van der Waals surface area contributed by atoms with Gasteiger partial charge in [-0.2, -0.15) is 0 Å². The zero-order chi connectivity index (χ0) is 14.1. The van der Waals surface area contributed by atoms with Crippen LogP contribution in [-0.2, 0) is 16.0 Å². The molecule has 20 heavy (non-hydrogen) atoms. The Morgan fingerprint density at radius 3 is 3.00 bits per heavy atom. The normalized spacial score (nSPS) is 24.9. The monoisotopic (exact) mass is 274 g/mol. The second-order valence-electron chi connectivity index (χ2n) is 5.36. The molecule has 3 rings (SSSR count). The van der Waals surface area contributed by atoms with Crippen molar-refractivity contribution in [2.24, 2.45) is 0 Å². The smallest absolute Gasteiger partial charge is 0.251 e. The number of hydrogen-bond donors (Lipinski definition) is 2. The zero-order valence-corrected chi connectivity index (χ0v) is 11.4. The van der Waals surface area contributed by atoms with Gasteiger partial charge in [-0.1, -0.05) is 0 Å². The molecule has 106 valence electrons. The number of ether oxygens (including phenoxy) is 1. The van der Waals surface area contributed by atoms with Crippen LogP contribution in [0.5, 0.6) is 0 Å². The number of aryl methyl sites for hydroxylation is 1. The Labute approximate surface area is 117 Å². The molecular formula is C15H18N2O3. The summed E-state index contributed by atoms with van der Waals surface area (Å²) in [7, 11) is 0. The van der Waals surface area contributed by atoms with Gasteiger partial charge >= 0.3 is 0 Å². The molecule has 0 saturated carbocycles. The lowest BCUT2D eigenvalue weighted by Crippen LogP contribution is -2.39. The number of carbonyl (C=O) groups excluding carboxylic acids is 2. The fourth-order valence-corrected chi connectivity index (χ4v) is 2.70. The first-order chi connectivity index (χ1) is 9.63. The molecule has 1 aromatic rings. The lowest BCUT2D eigenvalue weighted by Gasteiger charge is -2.19. The van der Waals surface area contributed by atoms with E-state index in [1.54, 1.807) is 12.1 Å². The molecular weight excluding hydrogens is 256 g/mol. The molecule has 2 atom stereocenters. The fourth-order valence-electron chi connectivity index (χ4n) is 2.70. The van der Waals surface area contributed by atoms with Crippen LogP contribution in [0.1, 0.15) is 35.7 Å². The van der Waals surface area contributed by atoms with Crippen LogP contribution in [0.15, 0.2) is 18.2 Å². The molecule has 2 aliphatic rings. The van der Waals surface area contributed by atoms with E-state index in [1.165, 1.54) is 0 Å². The summed E-state index contributed by atoms with van der Waals surface area (Å²) in [6.07, 6.45) is 2.08. The van der Waals surface area contributed by atoms with Gasteiger partial charge in [-0.15, -0.1) is 0 Å². The molecule has 1 saturated heterocycles. The SMILES string of the molecule is CC1OCCC1NC(=O)c1ccc2c(c1)CCC(=O)N2. The minimum atomic E-state index is -0.0768. The predicted octanol–water partition coefficient (Wildman–Crippen LogP) is 1.48. The van der Waals surface area contributed by atoms with Crippen molar-refractivity contribution in [2.45, 2.75) is 38.3 Å². The molecule has 2 aliphatic heterocycles. The number of fused-ring (bicyclic) bond motifs is 1. The van der Waals surface area contributed by atoms with Crippen molar-refractivity contribution in [3.63, 3.8) is 0 Å². The lowest BCUT2D eigenvalue weighted by molar-refractivity contribution is -0.116. The molecule has 1 fully saturated rings. The van der Waals surface area contributed by atoms with Gasteiger partial charge in [0, 0.05) is 24.3 Å². The third-order valence-electron chi connectivity index (χ3n) is 3.96. The third-order valence-corrected chi connectivity index (χ3v) is 3.96. The maximum Gasteiger partial charge on any atom is 0.251 e. The highest BCUT2D eigenvalue weighted by Gasteiger charge is 2.26. The number of benzene rings is 1. The van der Waals surface area contributed by atoms with Gasteiger partial charge in [0.1, 0.15) is 0 Å². The fraction of sp³-hybridized carbons (Fsp3) is 0.467. The lowest BCUT2D eigenvalue weighted by atomic mass is 10.00. The zero-order valence-electron chi connectivity index (χ0n) is 11.4. The second kappa shape index (κ2) is 5.25. The van der Waals surface area contributed by atoms with E-state index in [0.29, 0.717) is 25.0 Å². The van der Waals surface area contributed by atoms with E-state index in [2.05, 4.69) is 10.6 Å². The summed E-state index contributed by atoms with van der Waals surface area (Å²) in [5.74, 6) is -0.0429. The van der Waals surface area contributed by atoms with Crippen molar-refractivity contribution < 1.29 is 14.3 Å². The Balaban J connectivity index is 1.74. The molecule has 5 heteroatoms. The van der Waals surface area contributed by atoms with E-state index < -0.39 is 0 Å². The molecule has 0 spiro atoms. The molecule has 0 radical (unpaired) electrons. The summed E-state index contributed by atoms with van der Waals surface area (Å²) >= 11 is 0. The molecule has 2 unspecified atom stereocenters. The molecule has 2 heterocycles. The Morgan fingerprint density at radius 2 is 2.25 bits per heavy atom. The summed E-state index contributed by atoms with van der Waals surface area (Å²) in [6.45, 7) is 2.67. The van der Waals surface area contributed by atoms with Crippen LogP contribution >= 0.6 is 0 Å². The number of rotatable bonds is 2. The number of nitrogens with one attached hydrogen (secondary N) is 2. The Hall–Kier alpha value is -1.88. The highest BCUT2D eigenvalue weighted by molar-refractivity contribution is 5.98. The maximum absolute atomic E-state index is 12.2. The second-order valence-corrected chi connectivity index (χ2v) is 5.36. The van der Waals surface area contributed by atoms with Crippen molar-refractivity contribution in [3.8, 4) is 0 Å². The highest BCUT2D eigenvalue weighted by Crippen LogP contribution is 2.24. The summed E-state index contributed by atoms with van der Waals surface area (Å²) in [4.78, 5) is 23.5. The van der Waals surface area contributed by atoms with Gasteiger partial charge < -0.3 is 15.4 Å². The Morgan fingerprint density at radius 1 is 1.40 bits per heavy atom. The highest BCUT2D eigenvalue weighted by atomic mass is 16.5. The van der Waals surface area contributed by atoms with E-state index in [-0.39, 0.29) is 24.0 Å². The van der Waals surface area contributed by atoms with Crippen molar-refractivity contribution in [2.75, 3.05) is 11.9 Å². The quantitative estimate of drug-likeness (QED) is 0.858. The van der Waals surface area contributed by atoms with Crippen molar-refractivity contribution in [3.05, 3.63) is 29.3 Å². The van der Waals surface area contributed by atoms with Gasteiger partial charge in [0.2, 0.25) is 5.91 Å². The van der Waals surface area contributed by atoms with Crippen LogP contribution in [0.25, 0.3) is 0 Å². The van der Waals surface area contributed by atoms with E-state index in [9.17, 15) is 9.59 Å². The number of carbonyl (C=O) groups is 2. The Bertz CT molecular complexity index is 556. The molecule has 2 amide bonds. The van der Waals surface area contributed by atoms with Gasteiger partial charge in [0.05, 0.1) is 12.1 Å². The molecule has 0 aromatic heterocycles. The summed E-state index contributed by atoms with van der Waals surface area (Å²) in [5.41, 5.74) is 2.47. The summed E-state index contributed by atoms with van der Waals surface area (Å²) < 4.78 is 5.44. The Kier molecular flexibility index (Phi) is 3.44. The van der Waals surface area contributed by atoms with Crippen molar-refractivity contribution >= 4 is 17.5 Å². The van der Waals surface area contributed by atoms with Gasteiger partial charge in [0.25, 0.3) is 5.91 Å². The van der Waals surface area contributed by atoms with Crippen LogP contribution in [0, 0.1) is 0 Å². The van der Waals surface area contributed by atoms with Crippen LogP contribution in [0.3, 0.4) is 0 Å². The third kappa shape index (κ3) is 2.54. The largest absolute Gasteiger partial charge is 0.376 e. The van der Waals surface area contributed by atoms with Crippen LogP contribution in [-0.4, -0.2) is 30.6 Å². The van der Waals surface area contributed by atoms with E-state index in [1.807, 2.05) is 13.0 Å². The minimum absolute atomic E-state index is 0.0339. The van der Waals surface area contributed by atoms with Crippen molar-refractivity contribution in [1.29, 1.82) is 0 Å². The molecule has 2 N–H and O–H groups in total. The van der Waals surface area contributed by atoms with E-state index in [4.69, 9.17) is 4.74 Å². The van der Waals surface area contributed by atoms with Crippen LogP contribution in [0.4, 0.5) is 5.69 Å². The molecule has 1 aromatic carbocycles. The van der Waals surface area contributed by atoms with E-state index in [0.717, 1.165) is 17.7 Å². The topological polar surface area (TPSA) is 67.4 Å². The van der Waals surface area contributed by atoms with Crippen molar-refractivity contribution in [1.82, 2.24) is 5.32 Å². The summed E-state index contributed by atoms with van der Waals surface area (Å²) in [6, 6.07) is 5.50. The van der Waals surface area contributed by atoms with Crippen LogP contribution < -0.4 is 10.6 Å². The predicted molar refractivity (Wildman–Crippen MR) is 74.7 cm³/mol. The average molecular weight is 274 g/mol. The maximum atomic E-state index is 12.2. The molecule has 0 bridgehead atoms. The van der Waals surface area contributed by atoms with Crippen LogP contribution in [0.2, 0.25) is 0 Å². The van der Waals surface area contributed by atoms with Gasteiger partial charge in [-0.25, -0.2) is 0 Å².